The van der Waals surface area contributed by atoms with Gasteiger partial charge in [0.05, 0.1) is 17.3 Å². The Morgan fingerprint density at radius 2 is 1.81 bits per heavy atom. The average Bonchev–Trinajstić information content (AvgIpc) is 3.01. The second-order valence-electron chi connectivity index (χ2n) is 10.3. The molecule has 3 aromatic rings. The van der Waals surface area contributed by atoms with Crippen LogP contribution in [-0.4, -0.2) is 22.5 Å². The summed E-state index contributed by atoms with van der Waals surface area (Å²) in [6.45, 7) is 6.82. The van der Waals surface area contributed by atoms with Crippen molar-refractivity contribution in [1.82, 2.24) is 4.98 Å². The summed E-state index contributed by atoms with van der Waals surface area (Å²) in [5.41, 5.74) is 3.33. The third-order valence-corrected chi connectivity index (χ3v) is 8.11. The van der Waals surface area contributed by atoms with E-state index in [2.05, 4.69) is 84.2 Å². The van der Waals surface area contributed by atoms with E-state index in [-0.39, 0.29) is 11.0 Å². The minimum Gasteiger partial charge on any atom is -0.457 e. The number of aromatic nitrogens is 1. The Labute approximate surface area is 197 Å². The van der Waals surface area contributed by atoms with Crippen molar-refractivity contribution < 1.29 is 4.74 Å². The maximum Gasteiger partial charge on any atom is 0.230 e. The molecular weight excluding hydrogens is 462 g/mol. The van der Waals surface area contributed by atoms with Gasteiger partial charge in [-0.3, -0.25) is 9.98 Å². The molecule has 2 aliphatic heterocycles. The van der Waals surface area contributed by atoms with E-state index in [0.717, 1.165) is 39.7 Å². The van der Waals surface area contributed by atoms with Crippen LogP contribution in [0, 0.1) is 0 Å². The van der Waals surface area contributed by atoms with Crippen LogP contribution < -0.4 is 9.64 Å². The van der Waals surface area contributed by atoms with E-state index >= 15 is 0 Å². The summed E-state index contributed by atoms with van der Waals surface area (Å²) >= 11 is 3.90. The molecule has 1 aromatic heterocycles. The summed E-state index contributed by atoms with van der Waals surface area (Å²) in [6.07, 6.45) is 9.79. The minimum atomic E-state index is -0.698. The fourth-order valence-corrected chi connectivity index (χ4v) is 6.84. The summed E-state index contributed by atoms with van der Waals surface area (Å²) in [5, 5.41) is 1.08. The fourth-order valence-electron chi connectivity index (χ4n) is 6.29. The predicted molar refractivity (Wildman–Crippen MR) is 134 cm³/mol. The van der Waals surface area contributed by atoms with Crippen LogP contribution in [0.1, 0.15) is 58.4 Å². The molecule has 1 unspecified atom stereocenters. The average molecular weight is 490 g/mol. The number of fused-ring (bicyclic) bond motifs is 6. The fraction of sp³-hybridized carbons (Fsp3) is 0.407. The van der Waals surface area contributed by atoms with Crippen molar-refractivity contribution in [3.05, 3.63) is 58.7 Å². The van der Waals surface area contributed by atoms with Crippen molar-refractivity contribution in [2.75, 3.05) is 4.90 Å². The van der Waals surface area contributed by atoms with Crippen molar-refractivity contribution in [2.24, 2.45) is 4.99 Å². The number of pyridine rings is 1. The Hall–Kier alpha value is -2.40. The van der Waals surface area contributed by atoms with E-state index in [1.54, 1.807) is 0 Å². The second-order valence-corrected chi connectivity index (χ2v) is 11.2. The van der Waals surface area contributed by atoms with Gasteiger partial charge in [-0.15, -0.1) is 0 Å². The molecule has 1 aliphatic carbocycles. The highest BCUT2D eigenvalue weighted by molar-refractivity contribution is 9.10. The third kappa shape index (κ3) is 2.54. The topological polar surface area (TPSA) is 37.7 Å². The first-order chi connectivity index (χ1) is 15.4. The van der Waals surface area contributed by atoms with Crippen LogP contribution in [-0.2, 0) is 5.41 Å². The van der Waals surface area contributed by atoms with Gasteiger partial charge in [0.1, 0.15) is 11.2 Å². The molecule has 32 heavy (non-hydrogen) atoms. The lowest BCUT2D eigenvalue weighted by molar-refractivity contribution is 0.0249. The number of halogens is 1. The highest BCUT2D eigenvalue weighted by Crippen LogP contribution is 2.63. The number of hydrogen-bond acceptors (Lipinski definition) is 4. The maximum absolute atomic E-state index is 7.26. The summed E-state index contributed by atoms with van der Waals surface area (Å²) in [6, 6.07) is 14.8. The van der Waals surface area contributed by atoms with Crippen LogP contribution >= 0.6 is 15.9 Å². The molecule has 4 nitrogen and oxygen atoms in total. The lowest BCUT2D eigenvalue weighted by atomic mass is 9.64. The first kappa shape index (κ1) is 20.2. The highest BCUT2D eigenvalue weighted by atomic mass is 79.9. The summed E-state index contributed by atoms with van der Waals surface area (Å²) < 4.78 is 8.37. The quantitative estimate of drug-likeness (QED) is 0.332. The number of ether oxygens (including phenoxy) is 1. The molecule has 0 bridgehead atoms. The molecule has 2 spiro atoms. The molecule has 5 heteroatoms. The zero-order chi connectivity index (χ0) is 22.1. The van der Waals surface area contributed by atoms with Crippen molar-refractivity contribution in [3.63, 3.8) is 0 Å². The van der Waals surface area contributed by atoms with Gasteiger partial charge in [0.2, 0.25) is 5.72 Å². The Balaban J connectivity index is 1.67. The van der Waals surface area contributed by atoms with Crippen LogP contribution in [0.5, 0.6) is 5.75 Å². The molecule has 164 valence electrons. The zero-order valence-corrected chi connectivity index (χ0v) is 20.4. The smallest absolute Gasteiger partial charge is 0.230 e. The number of aliphatic imine (C=N–C) groups is 1. The normalized spacial score (nSPS) is 23.4. The van der Waals surface area contributed by atoms with Crippen molar-refractivity contribution in [1.29, 1.82) is 0 Å². The Morgan fingerprint density at radius 3 is 2.59 bits per heavy atom. The summed E-state index contributed by atoms with van der Waals surface area (Å²) in [7, 11) is 0. The zero-order valence-electron chi connectivity index (χ0n) is 18.9. The number of rotatable bonds is 0. The van der Waals surface area contributed by atoms with Crippen LogP contribution in [0.25, 0.3) is 10.9 Å². The van der Waals surface area contributed by atoms with Gasteiger partial charge < -0.3 is 9.64 Å². The standard InChI is InChI=1S/C27H28BrN3O/c1-25(2,3)31-23-19(10-7-11-20(23)28)26(14-5-4-6-15-26)27(31)17-30-21-13-12-18-9-8-16-29-22(18)24(21)32-27/h7-13,16-17H,4-6,14-15H2,1-3H3. The van der Waals surface area contributed by atoms with Gasteiger partial charge in [0.25, 0.3) is 0 Å². The molecule has 0 N–H and O–H groups in total. The molecule has 3 heterocycles. The largest absolute Gasteiger partial charge is 0.457 e. The first-order valence-electron chi connectivity index (χ1n) is 11.6. The number of hydrogen-bond donors (Lipinski definition) is 0. The lowest BCUT2D eigenvalue weighted by Crippen LogP contribution is -2.68. The molecule has 1 atom stereocenters. The Morgan fingerprint density at radius 1 is 1.00 bits per heavy atom. The monoisotopic (exact) mass is 489 g/mol. The van der Waals surface area contributed by atoms with Crippen LogP contribution in [0.2, 0.25) is 0 Å². The third-order valence-electron chi connectivity index (χ3n) is 7.47. The molecule has 2 aromatic carbocycles. The molecule has 3 aliphatic rings. The van der Waals surface area contributed by atoms with E-state index in [1.807, 2.05) is 12.3 Å². The van der Waals surface area contributed by atoms with E-state index in [1.165, 1.54) is 30.5 Å². The van der Waals surface area contributed by atoms with Crippen LogP contribution in [0.15, 0.2) is 58.1 Å². The van der Waals surface area contributed by atoms with Gasteiger partial charge in [-0.1, -0.05) is 43.5 Å². The second kappa shape index (κ2) is 6.80. The Bertz CT molecular complexity index is 1260. The molecule has 1 fully saturated rings. The van der Waals surface area contributed by atoms with Crippen LogP contribution in [0.3, 0.4) is 0 Å². The van der Waals surface area contributed by atoms with E-state index in [4.69, 9.17) is 14.7 Å². The molecule has 6 rings (SSSR count). The SMILES string of the molecule is CC(C)(C)N1c2c(Br)cccc2C2(CCCCC2)C12C=Nc1ccc3cccnc3c1O2. The molecule has 0 radical (unpaired) electrons. The summed E-state index contributed by atoms with van der Waals surface area (Å²) in [5.74, 6) is 0.800. The molecular formula is C27H28BrN3O. The molecule has 0 amide bonds. The minimum absolute atomic E-state index is 0.157. The number of anilines is 1. The first-order valence-corrected chi connectivity index (χ1v) is 12.4. The van der Waals surface area contributed by atoms with Gasteiger partial charge in [-0.2, -0.15) is 0 Å². The number of para-hydroxylation sites is 1. The van der Waals surface area contributed by atoms with E-state index in [0.29, 0.717) is 0 Å². The number of nitrogens with zero attached hydrogens (tertiary/aromatic N) is 3. The van der Waals surface area contributed by atoms with Gasteiger partial charge >= 0.3 is 0 Å². The van der Waals surface area contributed by atoms with Gasteiger partial charge in [-0.25, -0.2) is 0 Å². The van der Waals surface area contributed by atoms with Crippen molar-refractivity contribution in [2.45, 2.75) is 69.6 Å². The van der Waals surface area contributed by atoms with Gasteiger partial charge in [0.15, 0.2) is 5.75 Å². The van der Waals surface area contributed by atoms with Crippen molar-refractivity contribution >= 4 is 44.4 Å². The van der Waals surface area contributed by atoms with E-state index in [9.17, 15) is 0 Å². The van der Waals surface area contributed by atoms with Gasteiger partial charge in [-0.05, 0) is 73.3 Å². The number of benzene rings is 2. The van der Waals surface area contributed by atoms with Crippen molar-refractivity contribution in [3.8, 4) is 5.75 Å². The van der Waals surface area contributed by atoms with Crippen LogP contribution in [0.4, 0.5) is 11.4 Å². The lowest BCUT2D eigenvalue weighted by Gasteiger charge is -2.54. The van der Waals surface area contributed by atoms with Gasteiger partial charge in [0, 0.05) is 21.6 Å². The summed E-state index contributed by atoms with van der Waals surface area (Å²) in [4.78, 5) is 12.3. The molecule has 1 saturated carbocycles. The maximum atomic E-state index is 7.26. The predicted octanol–water partition coefficient (Wildman–Crippen LogP) is 7.31. The highest BCUT2D eigenvalue weighted by Gasteiger charge is 2.66. The van der Waals surface area contributed by atoms with E-state index < -0.39 is 5.72 Å². The molecule has 0 saturated heterocycles. The Kier molecular flexibility index (Phi) is 4.30.